The van der Waals surface area contributed by atoms with E-state index in [-0.39, 0.29) is 11.3 Å². The molecule has 3 heterocycles. The molecule has 1 atom stereocenters. The van der Waals surface area contributed by atoms with E-state index in [0.717, 1.165) is 57.7 Å². The summed E-state index contributed by atoms with van der Waals surface area (Å²) in [5, 5.41) is 4.10. The van der Waals surface area contributed by atoms with Crippen molar-refractivity contribution in [1.82, 2.24) is 19.9 Å². The zero-order valence-electron chi connectivity index (χ0n) is 16.0. The van der Waals surface area contributed by atoms with Crippen LogP contribution in [0.5, 0.6) is 0 Å². The fourth-order valence-electron chi connectivity index (χ4n) is 3.76. The number of amides is 1. The Bertz CT molecular complexity index is 570. The minimum atomic E-state index is -0.102. The van der Waals surface area contributed by atoms with Gasteiger partial charge in [-0.05, 0) is 32.2 Å². The number of aromatic nitrogens is 2. The van der Waals surface area contributed by atoms with Crippen molar-refractivity contribution in [2.75, 3.05) is 26.2 Å². The molecule has 0 radical (unpaired) electrons. The molecule has 0 N–H and O–H groups in total. The number of hydrogen-bond donors (Lipinski definition) is 0. The van der Waals surface area contributed by atoms with Gasteiger partial charge < -0.3 is 9.42 Å². The van der Waals surface area contributed by atoms with Crippen LogP contribution in [0, 0.1) is 5.92 Å². The van der Waals surface area contributed by atoms with Crippen LogP contribution in [0.25, 0.3) is 0 Å². The van der Waals surface area contributed by atoms with Crippen molar-refractivity contribution in [1.29, 1.82) is 0 Å². The number of rotatable bonds is 3. The van der Waals surface area contributed by atoms with Gasteiger partial charge in [0, 0.05) is 25.0 Å². The van der Waals surface area contributed by atoms with Crippen molar-refractivity contribution in [2.24, 2.45) is 5.92 Å². The first kappa shape index (κ1) is 18.4. The molecule has 0 saturated carbocycles. The molecule has 0 bridgehead atoms. The third kappa shape index (κ3) is 4.81. The van der Waals surface area contributed by atoms with E-state index in [0.29, 0.717) is 18.3 Å². The van der Waals surface area contributed by atoms with Crippen molar-refractivity contribution < 1.29 is 9.32 Å². The molecule has 6 heteroatoms. The van der Waals surface area contributed by atoms with Gasteiger partial charge in [0.25, 0.3) is 0 Å². The Morgan fingerprint density at radius 1 is 1.12 bits per heavy atom. The Balaban J connectivity index is 1.57. The topological polar surface area (TPSA) is 62.5 Å². The molecule has 2 aliphatic rings. The molecule has 1 amide bonds. The average molecular weight is 348 g/mol. The van der Waals surface area contributed by atoms with E-state index in [4.69, 9.17) is 4.52 Å². The highest BCUT2D eigenvalue weighted by atomic mass is 16.5. The highest BCUT2D eigenvalue weighted by Gasteiger charge is 2.30. The van der Waals surface area contributed by atoms with Gasteiger partial charge in [-0.1, -0.05) is 38.8 Å². The second-order valence-electron chi connectivity index (χ2n) is 8.58. The van der Waals surface area contributed by atoms with E-state index >= 15 is 0 Å². The largest absolute Gasteiger partial charge is 0.342 e. The summed E-state index contributed by atoms with van der Waals surface area (Å²) in [5.41, 5.74) is -0.102. The molecule has 6 nitrogen and oxygen atoms in total. The zero-order valence-corrected chi connectivity index (χ0v) is 16.0. The lowest BCUT2D eigenvalue weighted by Gasteiger charge is -2.34. The molecule has 25 heavy (non-hydrogen) atoms. The fraction of sp³-hybridized carbons (Fsp3) is 0.842. The Hall–Kier alpha value is -1.43. The molecule has 1 aromatic heterocycles. The SMILES string of the molecule is CC(C)(C)c1noc(CN2CCC[C@H](C(=O)N3CCCCCC3)C2)n1. The summed E-state index contributed by atoms with van der Waals surface area (Å²) in [6.07, 6.45) is 6.88. The third-order valence-electron chi connectivity index (χ3n) is 5.27. The van der Waals surface area contributed by atoms with Gasteiger partial charge >= 0.3 is 0 Å². The lowest BCUT2D eigenvalue weighted by Crippen LogP contribution is -2.44. The predicted octanol–water partition coefficient (Wildman–Crippen LogP) is 2.98. The van der Waals surface area contributed by atoms with Crippen LogP contribution in [0.15, 0.2) is 4.52 Å². The number of hydrogen-bond acceptors (Lipinski definition) is 5. The van der Waals surface area contributed by atoms with Crippen molar-refractivity contribution in [3.05, 3.63) is 11.7 Å². The van der Waals surface area contributed by atoms with Gasteiger partial charge in [0.05, 0.1) is 12.5 Å². The Morgan fingerprint density at radius 3 is 2.48 bits per heavy atom. The fourth-order valence-corrected chi connectivity index (χ4v) is 3.76. The first-order chi connectivity index (χ1) is 11.9. The molecular weight excluding hydrogens is 316 g/mol. The smallest absolute Gasteiger partial charge is 0.240 e. The second kappa shape index (κ2) is 7.85. The predicted molar refractivity (Wildman–Crippen MR) is 96.0 cm³/mol. The van der Waals surface area contributed by atoms with Gasteiger partial charge in [-0.25, -0.2) is 0 Å². The lowest BCUT2D eigenvalue weighted by atomic mass is 9.96. The standard InChI is InChI=1S/C19H32N4O2/c1-19(2,3)18-20-16(25-21-18)14-22-10-8-9-15(13-22)17(24)23-11-6-4-5-7-12-23/h15H,4-14H2,1-3H3/t15-/m0/s1. The summed E-state index contributed by atoms with van der Waals surface area (Å²) in [7, 11) is 0. The quantitative estimate of drug-likeness (QED) is 0.840. The van der Waals surface area contributed by atoms with Crippen LogP contribution in [0.4, 0.5) is 0 Å². The molecule has 0 aromatic carbocycles. The Labute approximate surface area is 150 Å². The number of likely N-dealkylation sites (tertiary alicyclic amines) is 2. The minimum absolute atomic E-state index is 0.102. The summed E-state index contributed by atoms with van der Waals surface area (Å²) in [4.78, 5) is 21.8. The summed E-state index contributed by atoms with van der Waals surface area (Å²) in [6.45, 7) is 10.6. The Morgan fingerprint density at radius 2 is 1.84 bits per heavy atom. The molecule has 0 spiro atoms. The van der Waals surface area contributed by atoms with Gasteiger partial charge in [0.1, 0.15) is 0 Å². The maximum atomic E-state index is 12.9. The molecule has 2 aliphatic heterocycles. The lowest BCUT2D eigenvalue weighted by molar-refractivity contribution is -0.137. The molecule has 2 saturated heterocycles. The van der Waals surface area contributed by atoms with E-state index in [9.17, 15) is 4.79 Å². The normalized spacial score (nSPS) is 23.5. The van der Waals surface area contributed by atoms with Crippen LogP contribution in [-0.4, -0.2) is 52.0 Å². The van der Waals surface area contributed by atoms with Crippen LogP contribution in [-0.2, 0) is 16.8 Å². The molecule has 0 unspecified atom stereocenters. The molecule has 2 fully saturated rings. The van der Waals surface area contributed by atoms with Crippen molar-refractivity contribution in [3.8, 4) is 0 Å². The van der Waals surface area contributed by atoms with Crippen molar-refractivity contribution in [3.63, 3.8) is 0 Å². The number of piperidine rings is 1. The highest BCUT2D eigenvalue weighted by Crippen LogP contribution is 2.23. The first-order valence-corrected chi connectivity index (χ1v) is 9.78. The van der Waals surface area contributed by atoms with Gasteiger partial charge in [0.15, 0.2) is 5.82 Å². The second-order valence-corrected chi connectivity index (χ2v) is 8.58. The van der Waals surface area contributed by atoms with Crippen molar-refractivity contribution >= 4 is 5.91 Å². The van der Waals surface area contributed by atoms with Crippen LogP contribution < -0.4 is 0 Å². The monoisotopic (exact) mass is 348 g/mol. The van der Waals surface area contributed by atoms with E-state index < -0.39 is 0 Å². The van der Waals surface area contributed by atoms with E-state index in [2.05, 4.69) is 40.7 Å². The van der Waals surface area contributed by atoms with Crippen LogP contribution in [0.3, 0.4) is 0 Å². The molecule has 0 aliphatic carbocycles. The summed E-state index contributed by atoms with van der Waals surface area (Å²) in [5.74, 6) is 1.88. The van der Waals surface area contributed by atoms with Crippen LogP contribution in [0.2, 0.25) is 0 Å². The number of carbonyl (C=O) groups is 1. The molecule has 1 aromatic rings. The maximum Gasteiger partial charge on any atom is 0.240 e. The average Bonchev–Trinajstić information content (AvgIpc) is 2.89. The molecule has 3 rings (SSSR count). The van der Waals surface area contributed by atoms with Gasteiger partial charge in [0.2, 0.25) is 11.8 Å². The highest BCUT2D eigenvalue weighted by molar-refractivity contribution is 5.79. The van der Waals surface area contributed by atoms with Gasteiger partial charge in [-0.15, -0.1) is 0 Å². The molecule has 140 valence electrons. The van der Waals surface area contributed by atoms with E-state index in [1.165, 1.54) is 12.8 Å². The minimum Gasteiger partial charge on any atom is -0.342 e. The third-order valence-corrected chi connectivity index (χ3v) is 5.27. The summed E-state index contributed by atoms with van der Waals surface area (Å²) >= 11 is 0. The number of nitrogens with zero attached hydrogens (tertiary/aromatic N) is 4. The number of carbonyl (C=O) groups excluding carboxylic acids is 1. The summed E-state index contributed by atoms with van der Waals surface area (Å²) in [6, 6.07) is 0. The Kier molecular flexibility index (Phi) is 5.77. The maximum absolute atomic E-state index is 12.9. The molecular formula is C19H32N4O2. The summed E-state index contributed by atoms with van der Waals surface area (Å²) < 4.78 is 5.42. The van der Waals surface area contributed by atoms with Crippen LogP contribution >= 0.6 is 0 Å². The van der Waals surface area contributed by atoms with E-state index in [1.54, 1.807) is 0 Å². The van der Waals surface area contributed by atoms with Crippen molar-refractivity contribution in [2.45, 2.75) is 71.3 Å². The van der Waals surface area contributed by atoms with E-state index in [1.807, 2.05) is 0 Å². The van der Waals surface area contributed by atoms with Gasteiger partial charge in [-0.3, -0.25) is 9.69 Å². The van der Waals surface area contributed by atoms with Gasteiger partial charge in [-0.2, -0.15) is 4.98 Å². The first-order valence-electron chi connectivity index (χ1n) is 9.78. The zero-order chi connectivity index (χ0) is 17.9. The van der Waals surface area contributed by atoms with Crippen LogP contribution in [0.1, 0.15) is 71.0 Å².